The van der Waals surface area contributed by atoms with Gasteiger partial charge in [-0.25, -0.2) is 4.39 Å². The van der Waals surface area contributed by atoms with E-state index in [-0.39, 0.29) is 11.4 Å². The molecular weight excluding hydrogens is 417 g/mol. The first kappa shape index (κ1) is 25.8. The third-order valence-corrected chi connectivity index (χ3v) is 4.02. The number of hydrogen-bond donors (Lipinski definition) is 1. The summed E-state index contributed by atoms with van der Waals surface area (Å²) in [5.74, 6) is -0.467. The predicted octanol–water partition coefficient (Wildman–Crippen LogP) is 4.73. The quantitative estimate of drug-likeness (QED) is 0.352. The highest BCUT2D eigenvalue weighted by molar-refractivity contribution is 5.52. The largest absolute Gasteiger partial charge is 0.399 e. The van der Waals surface area contributed by atoms with Crippen molar-refractivity contribution in [1.29, 1.82) is 0 Å². The zero-order valence-corrected chi connectivity index (χ0v) is 18.3. The highest BCUT2D eigenvalue weighted by atomic mass is 19.1. The number of rotatable bonds is 4. The molecule has 3 aromatic carbocycles. The minimum Gasteiger partial charge on any atom is -0.399 e. The minimum atomic E-state index is -0.570. The van der Waals surface area contributed by atoms with Gasteiger partial charge in [0.2, 0.25) is 0 Å². The summed E-state index contributed by atoms with van der Waals surface area (Å²) in [5, 5.41) is 20.3. The second-order valence-electron chi connectivity index (χ2n) is 6.89. The SMILES string of the molecule is CN(C)c1ccc(N)cc1.CN(C)c1ccc([N+](=O)[O-])cc1.O=[N+]([O-])c1ccc(F)cc1. The van der Waals surface area contributed by atoms with Crippen molar-refractivity contribution in [2.24, 2.45) is 0 Å². The standard InChI is InChI=1S/C8H10N2O2.C8H12N2.C6H4FNO2/c1-9(2)7-3-5-8(6-4-7)10(11)12;1-10(2)8-5-3-7(9)4-6-8;7-5-1-3-6(4-2-5)8(9)10/h3-6H,1-2H3;3-6H,9H2,1-2H3;1-4H. The van der Waals surface area contributed by atoms with E-state index < -0.39 is 15.7 Å². The van der Waals surface area contributed by atoms with Gasteiger partial charge in [-0.3, -0.25) is 20.2 Å². The Morgan fingerprint density at radius 1 is 0.656 bits per heavy atom. The van der Waals surface area contributed by atoms with Gasteiger partial charge in [-0.05, 0) is 48.5 Å². The second-order valence-corrected chi connectivity index (χ2v) is 6.89. The van der Waals surface area contributed by atoms with Crippen LogP contribution in [0.25, 0.3) is 0 Å². The summed E-state index contributed by atoms with van der Waals surface area (Å²) < 4.78 is 12.1. The van der Waals surface area contributed by atoms with Crippen LogP contribution in [0, 0.1) is 26.0 Å². The zero-order chi connectivity index (χ0) is 24.3. The molecule has 0 radical (unpaired) electrons. The number of nitrogen functional groups attached to an aromatic ring is 1. The molecule has 3 aromatic rings. The molecule has 3 rings (SSSR count). The average molecular weight is 443 g/mol. The number of hydrogen-bond acceptors (Lipinski definition) is 7. The van der Waals surface area contributed by atoms with Crippen molar-refractivity contribution < 1.29 is 14.2 Å². The van der Waals surface area contributed by atoms with Crippen LogP contribution in [-0.4, -0.2) is 38.0 Å². The van der Waals surface area contributed by atoms with Crippen LogP contribution in [0.1, 0.15) is 0 Å². The molecule has 170 valence electrons. The van der Waals surface area contributed by atoms with E-state index >= 15 is 0 Å². The average Bonchev–Trinajstić information content (AvgIpc) is 2.75. The summed E-state index contributed by atoms with van der Waals surface area (Å²) >= 11 is 0. The molecule has 0 heterocycles. The Hall–Kier alpha value is -4.21. The van der Waals surface area contributed by atoms with Gasteiger partial charge in [0.1, 0.15) is 5.82 Å². The maximum atomic E-state index is 12.1. The molecule has 2 N–H and O–H groups in total. The van der Waals surface area contributed by atoms with E-state index in [9.17, 15) is 24.6 Å². The third-order valence-electron chi connectivity index (χ3n) is 4.02. The molecule has 0 saturated carbocycles. The van der Waals surface area contributed by atoms with Gasteiger partial charge in [0.05, 0.1) is 9.85 Å². The third kappa shape index (κ3) is 9.08. The topological polar surface area (TPSA) is 119 Å². The number of halogens is 1. The Morgan fingerprint density at radius 2 is 0.969 bits per heavy atom. The molecular formula is C22H26FN5O4. The Balaban J connectivity index is 0.000000241. The molecule has 9 nitrogen and oxygen atoms in total. The summed E-state index contributed by atoms with van der Waals surface area (Å²) in [7, 11) is 7.79. The van der Waals surface area contributed by atoms with Crippen LogP contribution < -0.4 is 15.5 Å². The summed E-state index contributed by atoms with van der Waals surface area (Å²) in [5.41, 5.74) is 8.48. The van der Waals surface area contributed by atoms with Crippen LogP contribution in [0.2, 0.25) is 0 Å². The fraction of sp³-hybridized carbons (Fsp3) is 0.182. The molecule has 0 aliphatic heterocycles. The summed E-state index contributed by atoms with van der Waals surface area (Å²) in [6.45, 7) is 0. The molecule has 32 heavy (non-hydrogen) atoms. The fourth-order valence-corrected chi connectivity index (χ4v) is 2.21. The Morgan fingerprint density at radius 3 is 1.28 bits per heavy atom. The molecule has 0 unspecified atom stereocenters. The van der Waals surface area contributed by atoms with Crippen molar-refractivity contribution in [1.82, 2.24) is 0 Å². The summed E-state index contributed by atoms with van der Waals surface area (Å²) in [4.78, 5) is 23.2. The lowest BCUT2D eigenvalue weighted by atomic mass is 10.3. The molecule has 0 fully saturated rings. The minimum absolute atomic E-state index is 0.0959. The molecule has 0 amide bonds. The lowest BCUT2D eigenvalue weighted by Crippen LogP contribution is -2.08. The van der Waals surface area contributed by atoms with Gasteiger partial charge in [0, 0.05) is 69.5 Å². The van der Waals surface area contributed by atoms with Gasteiger partial charge in [-0.1, -0.05) is 0 Å². The second kappa shape index (κ2) is 12.5. The van der Waals surface area contributed by atoms with E-state index in [4.69, 9.17) is 5.73 Å². The molecule has 0 aliphatic rings. The molecule has 0 bridgehead atoms. The van der Waals surface area contributed by atoms with Crippen molar-refractivity contribution in [3.05, 3.63) is 98.8 Å². The molecule has 0 aliphatic carbocycles. The number of non-ortho nitro benzene ring substituents is 2. The highest BCUT2D eigenvalue weighted by Crippen LogP contribution is 2.17. The lowest BCUT2D eigenvalue weighted by Gasteiger charge is -2.11. The number of nitro groups is 2. The van der Waals surface area contributed by atoms with Gasteiger partial charge in [-0.2, -0.15) is 0 Å². The van der Waals surface area contributed by atoms with Crippen LogP contribution in [0.5, 0.6) is 0 Å². The van der Waals surface area contributed by atoms with Crippen LogP contribution in [0.3, 0.4) is 0 Å². The van der Waals surface area contributed by atoms with E-state index in [0.717, 1.165) is 35.6 Å². The van der Waals surface area contributed by atoms with E-state index in [1.54, 1.807) is 12.1 Å². The van der Waals surface area contributed by atoms with Crippen LogP contribution in [0.4, 0.5) is 32.8 Å². The monoisotopic (exact) mass is 443 g/mol. The first-order chi connectivity index (χ1) is 15.0. The van der Waals surface area contributed by atoms with Gasteiger partial charge < -0.3 is 15.5 Å². The number of benzene rings is 3. The van der Waals surface area contributed by atoms with Crippen LogP contribution in [0.15, 0.2) is 72.8 Å². The van der Waals surface area contributed by atoms with Crippen LogP contribution >= 0.6 is 0 Å². The fourth-order valence-electron chi connectivity index (χ4n) is 2.21. The molecule has 0 aromatic heterocycles. The van der Waals surface area contributed by atoms with Gasteiger partial charge in [0.15, 0.2) is 0 Å². The number of anilines is 3. The lowest BCUT2D eigenvalue weighted by molar-refractivity contribution is -0.385. The Labute approximate surface area is 185 Å². The first-order valence-electron chi connectivity index (χ1n) is 9.36. The smallest absolute Gasteiger partial charge is 0.269 e. The van der Waals surface area contributed by atoms with Crippen molar-refractivity contribution >= 4 is 28.4 Å². The number of nitrogens with zero attached hydrogens (tertiary/aromatic N) is 4. The molecule has 0 spiro atoms. The summed E-state index contributed by atoms with van der Waals surface area (Å²) in [6, 6.07) is 18.6. The van der Waals surface area contributed by atoms with Crippen molar-refractivity contribution in [2.45, 2.75) is 0 Å². The molecule has 0 atom stereocenters. The van der Waals surface area contributed by atoms with Gasteiger partial charge in [-0.15, -0.1) is 0 Å². The maximum Gasteiger partial charge on any atom is 0.269 e. The normalized spacial score (nSPS) is 9.41. The Bertz CT molecular complexity index is 992. The van der Waals surface area contributed by atoms with E-state index in [2.05, 4.69) is 0 Å². The Kier molecular flexibility index (Phi) is 10.1. The maximum absolute atomic E-state index is 12.1. The highest BCUT2D eigenvalue weighted by Gasteiger charge is 2.04. The van der Waals surface area contributed by atoms with E-state index in [0.29, 0.717) is 0 Å². The number of nitrogens with two attached hydrogens (primary N) is 1. The van der Waals surface area contributed by atoms with Gasteiger partial charge >= 0.3 is 0 Å². The molecule has 10 heteroatoms. The summed E-state index contributed by atoms with van der Waals surface area (Å²) in [6.07, 6.45) is 0. The van der Waals surface area contributed by atoms with Crippen molar-refractivity contribution in [3.8, 4) is 0 Å². The van der Waals surface area contributed by atoms with E-state index in [1.165, 1.54) is 17.8 Å². The predicted molar refractivity (Wildman–Crippen MR) is 126 cm³/mol. The van der Waals surface area contributed by atoms with Crippen molar-refractivity contribution in [2.75, 3.05) is 43.7 Å². The zero-order valence-electron chi connectivity index (χ0n) is 18.3. The number of nitro benzene ring substituents is 2. The van der Waals surface area contributed by atoms with E-state index in [1.807, 2.05) is 62.3 Å². The van der Waals surface area contributed by atoms with Crippen molar-refractivity contribution in [3.63, 3.8) is 0 Å². The first-order valence-corrected chi connectivity index (χ1v) is 9.36. The van der Waals surface area contributed by atoms with Crippen LogP contribution in [-0.2, 0) is 0 Å². The van der Waals surface area contributed by atoms with Gasteiger partial charge in [0.25, 0.3) is 11.4 Å². The molecule has 0 saturated heterocycles.